The largest absolute Gasteiger partial charge is 0.455 e. The molecule has 12 heteroatoms. The van der Waals surface area contributed by atoms with Crippen LogP contribution in [0.1, 0.15) is 48.2 Å². The molecular formula is C27H30F3N3O5S. The molecule has 2 rings (SSSR count). The highest BCUT2D eigenvalue weighted by Gasteiger charge is 2.30. The number of alkyl halides is 3. The zero-order valence-corrected chi connectivity index (χ0v) is 22.7. The number of ether oxygens (including phenoxy) is 1. The predicted octanol–water partition coefficient (Wildman–Crippen LogP) is 5.26. The highest BCUT2D eigenvalue weighted by atomic mass is 32.2. The Hall–Kier alpha value is -3.85. The molecule has 0 atom stereocenters. The first kappa shape index (κ1) is 31.4. The number of rotatable bonds is 13. The maximum absolute atomic E-state index is 12.9. The van der Waals surface area contributed by atoms with Crippen LogP contribution in [0.2, 0.25) is 0 Å². The SMILES string of the molecule is CCCCS(=O)(=O)Nc1ccc(C(=O)C(C#N)=Cc2ccc(N(CC)CC(=O)OCC(F)(F)F)cc2C)cc1. The van der Waals surface area contributed by atoms with E-state index < -0.39 is 34.6 Å². The van der Waals surface area contributed by atoms with Crippen LogP contribution >= 0.6 is 0 Å². The van der Waals surface area contributed by atoms with Gasteiger partial charge in [-0.05, 0) is 73.9 Å². The number of carbonyl (C=O) groups is 2. The van der Waals surface area contributed by atoms with Crippen LogP contribution in [0.25, 0.3) is 6.08 Å². The van der Waals surface area contributed by atoms with Gasteiger partial charge in [0.2, 0.25) is 15.8 Å². The highest BCUT2D eigenvalue weighted by Crippen LogP contribution is 2.23. The minimum atomic E-state index is -4.61. The molecule has 0 amide bonds. The number of anilines is 2. The summed E-state index contributed by atoms with van der Waals surface area (Å²) in [5, 5.41) is 9.62. The summed E-state index contributed by atoms with van der Waals surface area (Å²) in [7, 11) is -3.50. The fraction of sp³-hybridized carbons (Fsp3) is 0.370. The maximum Gasteiger partial charge on any atom is 0.422 e. The van der Waals surface area contributed by atoms with E-state index in [0.29, 0.717) is 35.5 Å². The van der Waals surface area contributed by atoms with Crippen molar-refractivity contribution in [2.24, 2.45) is 0 Å². The van der Waals surface area contributed by atoms with Crippen molar-refractivity contribution < 1.29 is 35.9 Å². The molecule has 8 nitrogen and oxygen atoms in total. The van der Waals surface area contributed by atoms with Crippen LogP contribution < -0.4 is 9.62 Å². The number of ketones is 1. The molecule has 0 heterocycles. The molecule has 0 fully saturated rings. The number of sulfonamides is 1. The second kappa shape index (κ2) is 13.8. The second-order valence-electron chi connectivity index (χ2n) is 8.68. The number of esters is 1. The van der Waals surface area contributed by atoms with Gasteiger partial charge in [-0.2, -0.15) is 18.4 Å². The third-order valence-corrected chi connectivity index (χ3v) is 6.94. The number of allylic oxidation sites excluding steroid dienone is 1. The average molecular weight is 566 g/mol. The van der Waals surface area contributed by atoms with Crippen LogP contribution in [-0.4, -0.2) is 51.8 Å². The van der Waals surface area contributed by atoms with Gasteiger partial charge in [0.25, 0.3) is 0 Å². The molecule has 39 heavy (non-hydrogen) atoms. The molecule has 0 bridgehead atoms. The van der Waals surface area contributed by atoms with E-state index in [2.05, 4.69) is 9.46 Å². The number of hydrogen-bond donors (Lipinski definition) is 1. The smallest absolute Gasteiger partial charge is 0.422 e. The quantitative estimate of drug-likeness (QED) is 0.152. The van der Waals surface area contributed by atoms with Crippen molar-refractivity contribution in [2.45, 2.75) is 39.8 Å². The Kier molecular flexibility index (Phi) is 11.1. The van der Waals surface area contributed by atoms with E-state index in [4.69, 9.17) is 0 Å². The molecule has 0 unspecified atom stereocenters. The highest BCUT2D eigenvalue weighted by molar-refractivity contribution is 7.92. The normalized spacial score (nSPS) is 12.0. The number of nitriles is 1. The second-order valence-corrected chi connectivity index (χ2v) is 10.5. The number of halogens is 3. The van der Waals surface area contributed by atoms with Gasteiger partial charge in [-0.1, -0.05) is 19.4 Å². The van der Waals surface area contributed by atoms with Crippen molar-refractivity contribution in [1.29, 1.82) is 5.26 Å². The lowest BCUT2D eigenvalue weighted by Crippen LogP contribution is -2.32. The van der Waals surface area contributed by atoms with E-state index in [-0.39, 0.29) is 23.4 Å². The summed E-state index contributed by atoms with van der Waals surface area (Å²) in [6.45, 7) is 3.62. The molecule has 0 aromatic heterocycles. The Balaban J connectivity index is 2.17. The van der Waals surface area contributed by atoms with E-state index >= 15 is 0 Å². The Labute approximate surface area is 226 Å². The Morgan fingerprint density at radius 3 is 2.33 bits per heavy atom. The van der Waals surface area contributed by atoms with E-state index in [1.54, 1.807) is 32.0 Å². The molecule has 0 aliphatic heterocycles. The van der Waals surface area contributed by atoms with Crippen LogP contribution in [0.15, 0.2) is 48.0 Å². The van der Waals surface area contributed by atoms with Crippen LogP contribution in [0.5, 0.6) is 0 Å². The van der Waals surface area contributed by atoms with Crippen LogP contribution in [0.3, 0.4) is 0 Å². The Morgan fingerprint density at radius 2 is 1.79 bits per heavy atom. The van der Waals surface area contributed by atoms with Gasteiger partial charge >= 0.3 is 12.1 Å². The van der Waals surface area contributed by atoms with Gasteiger partial charge in [0, 0.05) is 23.5 Å². The zero-order chi connectivity index (χ0) is 29.2. The van der Waals surface area contributed by atoms with Crippen molar-refractivity contribution in [3.8, 4) is 6.07 Å². The average Bonchev–Trinajstić information content (AvgIpc) is 2.88. The summed E-state index contributed by atoms with van der Waals surface area (Å²) >= 11 is 0. The summed E-state index contributed by atoms with van der Waals surface area (Å²) in [6.07, 6.45) is -1.94. The van der Waals surface area contributed by atoms with Gasteiger partial charge < -0.3 is 9.64 Å². The van der Waals surface area contributed by atoms with Crippen molar-refractivity contribution in [3.05, 3.63) is 64.7 Å². The predicted molar refractivity (Wildman–Crippen MR) is 143 cm³/mol. The minimum Gasteiger partial charge on any atom is -0.455 e. The first-order valence-electron chi connectivity index (χ1n) is 12.1. The molecule has 0 radical (unpaired) electrons. The van der Waals surface area contributed by atoms with Crippen molar-refractivity contribution in [3.63, 3.8) is 0 Å². The number of carbonyl (C=O) groups excluding carboxylic acids is 2. The molecule has 0 aliphatic rings. The third kappa shape index (κ3) is 10.1. The molecule has 0 spiro atoms. The molecule has 2 aromatic carbocycles. The first-order valence-corrected chi connectivity index (χ1v) is 13.8. The number of Topliss-reactive ketones (excluding diaryl/α,β-unsaturated/α-hetero) is 1. The molecule has 1 N–H and O–H groups in total. The number of hydrogen-bond acceptors (Lipinski definition) is 7. The van der Waals surface area contributed by atoms with Gasteiger partial charge in [-0.25, -0.2) is 8.42 Å². The van der Waals surface area contributed by atoms with Crippen LogP contribution in [-0.2, 0) is 19.6 Å². The van der Waals surface area contributed by atoms with E-state index in [0.717, 1.165) is 6.42 Å². The third-order valence-electron chi connectivity index (χ3n) is 5.57. The number of nitrogens with one attached hydrogen (secondary N) is 1. The molecule has 2 aromatic rings. The van der Waals surface area contributed by atoms with Gasteiger partial charge in [0.15, 0.2) is 6.61 Å². The van der Waals surface area contributed by atoms with Crippen molar-refractivity contribution in [2.75, 3.05) is 35.1 Å². The van der Waals surface area contributed by atoms with Crippen molar-refractivity contribution in [1.82, 2.24) is 0 Å². The van der Waals surface area contributed by atoms with Gasteiger partial charge in [-0.3, -0.25) is 14.3 Å². The fourth-order valence-electron chi connectivity index (χ4n) is 3.48. The van der Waals surface area contributed by atoms with Crippen molar-refractivity contribution >= 4 is 39.2 Å². The maximum atomic E-state index is 12.9. The minimum absolute atomic E-state index is 0.0121. The summed E-state index contributed by atoms with van der Waals surface area (Å²) in [6, 6.07) is 12.6. The molecule has 210 valence electrons. The number of nitrogens with zero attached hydrogens (tertiary/aromatic N) is 2. The molecule has 0 saturated heterocycles. The zero-order valence-electron chi connectivity index (χ0n) is 21.8. The van der Waals surface area contributed by atoms with E-state index in [1.165, 1.54) is 35.2 Å². The summed E-state index contributed by atoms with van der Waals surface area (Å²) in [4.78, 5) is 26.3. The molecule has 0 aliphatic carbocycles. The van der Waals surface area contributed by atoms with Gasteiger partial charge in [0.1, 0.15) is 18.2 Å². The first-order chi connectivity index (χ1) is 18.3. The Morgan fingerprint density at radius 1 is 1.13 bits per heavy atom. The van der Waals surface area contributed by atoms with E-state index in [9.17, 15) is 36.4 Å². The number of unbranched alkanes of at least 4 members (excludes halogenated alkanes) is 1. The fourth-order valence-corrected chi connectivity index (χ4v) is 4.75. The van der Waals surface area contributed by atoms with E-state index in [1.807, 2.05) is 13.0 Å². The lowest BCUT2D eigenvalue weighted by atomic mass is 9.99. The lowest BCUT2D eigenvalue weighted by Gasteiger charge is -2.23. The van der Waals surface area contributed by atoms with Crippen LogP contribution in [0, 0.1) is 18.3 Å². The summed E-state index contributed by atoms with van der Waals surface area (Å²) in [5.74, 6) is -1.58. The summed E-state index contributed by atoms with van der Waals surface area (Å²) in [5.41, 5.74) is 2.12. The lowest BCUT2D eigenvalue weighted by molar-refractivity contribution is -0.185. The number of aryl methyl sites for hydroxylation is 1. The standard InChI is InChI=1S/C27H30F3N3O5S/c1-4-6-13-39(36,37)32-23-10-7-20(8-11-23)26(35)22(16-31)15-21-9-12-24(14-19(21)3)33(5-2)17-25(34)38-18-27(28,29)30/h7-12,14-15,32H,4-6,13,17-18H2,1-3H3. The topological polar surface area (TPSA) is 117 Å². The number of benzene rings is 2. The summed E-state index contributed by atoms with van der Waals surface area (Å²) < 4.78 is 67.8. The van der Waals surface area contributed by atoms with Gasteiger partial charge in [0.05, 0.1) is 5.75 Å². The number of likely N-dealkylation sites (N-methyl/N-ethyl adjacent to an activating group) is 1. The molecule has 0 saturated carbocycles. The monoisotopic (exact) mass is 565 g/mol. The van der Waals surface area contributed by atoms with Crippen LogP contribution in [0.4, 0.5) is 24.5 Å². The van der Waals surface area contributed by atoms with Gasteiger partial charge in [-0.15, -0.1) is 0 Å². The molecular weight excluding hydrogens is 535 g/mol. The Bertz CT molecular complexity index is 1350.